The summed E-state index contributed by atoms with van der Waals surface area (Å²) in [6.07, 6.45) is 12.2. The van der Waals surface area contributed by atoms with Gasteiger partial charge in [0.25, 0.3) is 0 Å². The first-order chi connectivity index (χ1) is 18.6. The fourth-order valence-corrected chi connectivity index (χ4v) is 4.54. The van der Waals surface area contributed by atoms with Crippen molar-refractivity contribution in [1.82, 2.24) is 9.97 Å². The van der Waals surface area contributed by atoms with E-state index in [0.29, 0.717) is 0 Å². The first-order valence-electron chi connectivity index (χ1n) is 13.6. The molecule has 38 heavy (non-hydrogen) atoms. The normalized spacial score (nSPS) is 11.4. The van der Waals surface area contributed by atoms with E-state index >= 15 is 0 Å². The Kier molecular flexibility index (Phi) is 9.47. The molecule has 2 aromatic heterocycles. The van der Waals surface area contributed by atoms with E-state index in [-0.39, 0.29) is 0 Å². The highest BCUT2D eigenvalue weighted by molar-refractivity contribution is 5.74. The molecule has 0 aliphatic carbocycles. The minimum atomic E-state index is 0.864. The summed E-state index contributed by atoms with van der Waals surface area (Å²) in [6.45, 7) is 12.8. The molecule has 0 unspecified atom stereocenters. The molecule has 194 valence electrons. The molecule has 4 aromatic rings. The molecule has 0 aliphatic rings. The van der Waals surface area contributed by atoms with E-state index in [1.54, 1.807) is 0 Å². The molecule has 0 amide bonds. The number of benzene rings is 2. The third kappa shape index (κ3) is 6.98. The number of anilines is 2. The summed E-state index contributed by atoms with van der Waals surface area (Å²) in [5, 5.41) is 0. The van der Waals surface area contributed by atoms with Gasteiger partial charge in [-0.15, -0.1) is 0 Å². The molecular weight excluding hydrogens is 464 g/mol. The van der Waals surface area contributed by atoms with E-state index in [2.05, 4.69) is 132 Å². The van der Waals surface area contributed by atoms with E-state index < -0.39 is 0 Å². The van der Waals surface area contributed by atoms with Gasteiger partial charge < -0.3 is 9.80 Å². The lowest BCUT2D eigenvalue weighted by atomic mass is 10.1. The van der Waals surface area contributed by atoms with Gasteiger partial charge in [0.05, 0.1) is 11.4 Å². The summed E-state index contributed by atoms with van der Waals surface area (Å²) < 4.78 is 0. The summed E-state index contributed by atoms with van der Waals surface area (Å²) in [6, 6.07) is 25.6. The second kappa shape index (κ2) is 13.4. The number of pyridine rings is 2. The van der Waals surface area contributed by atoms with Gasteiger partial charge in [-0.05, 0) is 98.5 Å². The molecule has 0 saturated carbocycles. The molecule has 0 bridgehead atoms. The van der Waals surface area contributed by atoms with Crippen molar-refractivity contribution in [3.8, 4) is 11.4 Å². The van der Waals surface area contributed by atoms with E-state index in [0.717, 1.165) is 48.7 Å². The summed E-state index contributed by atoms with van der Waals surface area (Å²) in [7, 11) is 0. The third-order valence-electron chi connectivity index (χ3n) is 6.81. The Morgan fingerprint density at radius 3 is 1.16 bits per heavy atom. The molecular formula is C34H38N4. The summed E-state index contributed by atoms with van der Waals surface area (Å²) in [4.78, 5) is 13.9. The van der Waals surface area contributed by atoms with Crippen LogP contribution in [0.1, 0.15) is 49.9 Å². The predicted molar refractivity (Wildman–Crippen MR) is 165 cm³/mol. The highest BCUT2D eigenvalue weighted by Gasteiger charge is 2.04. The zero-order chi connectivity index (χ0) is 26.7. The van der Waals surface area contributed by atoms with Crippen LogP contribution < -0.4 is 9.80 Å². The van der Waals surface area contributed by atoms with Crippen LogP contribution in [-0.2, 0) is 0 Å². The van der Waals surface area contributed by atoms with Crippen molar-refractivity contribution in [2.45, 2.75) is 27.7 Å². The standard InChI is InChI=1S/C34H38N4/c1-5-37(6-2)31-17-13-27(14-18-31)9-11-29-21-23-35-33(25-29)34-26-30(22-24-36-34)12-10-28-15-19-32(20-16-28)38(7-3)8-4/h9-26H,5-8H2,1-4H3/b11-9+,12-10+. The maximum absolute atomic E-state index is 4.59. The van der Waals surface area contributed by atoms with Gasteiger partial charge in [-0.2, -0.15) is 0 Å². The summed E-state index contributed by atoms with van der Waals surface area (Å²) in [5.41, 5.74) is 8.79. The molecule has 0 N–H and O–H groups in total. The van der Waals surface area contributed by atoms with Gasteiger partial charge in [-0.25, -0.2) is 0 Å². The fourth-order valence-electron chi connectivity index (χ4n) is 4.54. The van der Waals surface area contributed by atoms with Crippen LogP contribution in [0.25, 0.3) is 35.7 Å². The molecule has 0 radical (unpaired) electrons. The fraction of sp³-hybridized carbons (Fsp3) is 0.235. The van der Waals surface area contributed by atoms with Crippen LogP contribution in [0.4, 0.5) is 11.4 Å². The smallest absolute Gasteiger partial charge is 0.0892 e. The summed E-state index contributed by atoms with van der Waals surface area (Å²) >= 11 is 0. The van der Waals surface area contributed by atoms with Crippen LogP contribution in [0, 0.1) is 0 Å². The minimum Gasteiger partial charge on any atom is -0.372 e. The Bertz CT molecular complexity index is 1240. The van der Waals surface area contributed by atoms with Gasteiger partial charge in [-0.3, -0.25) is 9.97 Å². The van der Waals surface area contributed by atoms with Crippen LogP contribution in [0.5, 0.6) is 0 Å². The highest BCUT2D eigenvalue weighted by atomic mass is 15.1. The lowest BCUT2D eigenvalue weighted by molar-refractivity contribution is 0.866. The van der Waals surface area contributed by atoms with Crippen molar-refractivity contribution in [3.05, 3.63) is 107 Å². The number of aromatic nitrogens is 2. The first-order valence-corrected chi connectivity index (χ1v) is 13.6. The topological polar surface area (TPSA) is 32.3 Å². The van der Waals surface area contributed by atoms with Crippen LogP contribution >= 0.6 is 0 Å². The molecule has 0 atom stereocenters. The second-order valence-electron chi connectivity index (χ2n) is 9.14. The van der Waals surface area contributed by atoms with Crippen LogP contribution in [-0.4, -0.2) is 36.1 Å². The van der Waals surface area contributed by atoms with Crippen molar-refractivity contribution < 1.29 is 0 Å². The van der Waals surface area contributed by atoms with E-state index in [4.69, 9.17) is 0 Å². The van der Waals surface area contributed by atoms with Crippen molar-refractivity contribution in [3.63, 3.8) is 0 Å². The van der Waals surface area contributed by atoms with Gasteiger partial charge in [0, 0.05) is 49.9 Å². The molecule has 0 saturated heterocycles. The second-order valence-corrected chi connectivity index (χ2v) is 9.14. The summed E-state index contributed by atoms with van der Waals surface area (Å²) in [5.74, 6) is 0. The van der Waals surface area contributed by atoms with Gasteiger partial charge in [-0.1, -0.05) is 48.6 Å². The Hall–Kier alpha value is -4.18. The number of rotatable bonds is 11. The van der Waals surface area contributed by atoms with Crippen LogP contribution in [0.3, 0.4) is 0 Å². The Morgan fingerprint density at radius 2 is 0.816 bits per heavy atom. The molecule has 4 nitrogen and oxygen atoms in total. The molecule has 2 aromatic carbocycles. The molecule has 0 fully saturated rings. The van der Waals surface area contributed by atoms with Gasteiger partial charge >= 0.3 is 0 Å². The molecule has 4 rings (SSSR count). The lowest BCUT2D eigenvalue weighted by Gasteiger charge is -2.20. The van der Waals surface area contributed by atoms with Crippen LogP contribution in [0.15, 0.2) is 85.2 Å². The van der Waals surface area contributed by atoms with E-state index in [9.17, 15) is 0 Å². The quantitative estimate of drug-likeness (QED) is 0.207. The van der Waals surface area contributed by atoms with Crippen molar-refractivity contribution >= 4 is 35.7 Å². The van der Waals surface area contributed by atoms with E-state index in [1.165, 1.54) is 22.5 Å². The van der Waals surface area contributed by atoms with Gasteiger partial charge in [0.1, 0.15) is 0 Å². The Balaban J connectivity index is 1.46. The van der Waals surface area contributed by atoms with Crippen molar-refractivity contribution in [2.24, 2.45) is 0 Å². The molecule has 0 aliphatic heterocycles. The average molecular weight is 503 g/mol. The molecule has 4 heteroatoms. The monoisotopic (exact) mass is 502 g/mol. The molecule has 0 spiro atoms. The number of nitrogens with zero attached hydrogens (tertiary/aromatic N) is 4. The Labute approximate surface area is 228 Å². The lowest BCUT2D eigenvalue weighted by Crippen LogP contribution is -2.21. The molecule has 2 heterocycles. The van der Waals surface area contributed by atoms with Crippen molar-refractivity contribution in [1.29, 1.82) is 0 Å². The van der Waals surface area contributed by atoms with Gasteiger partial charge in [0.15, 0.2) is 0 Å². The minimum absolute atomic E-state index is 0.864. The maximum Gasteiger partial charge on any atom is 0.0892 e. The third-order valence-corrected chi connectivity index (χ3v) is 6.81. The number of hydrogen-bond donors (Lipinski definition) is 0. The largest absolute Gasteiger partial charge is 0.372 e. The van der Waals surface area contributed by atoms with E-state index in [1.807, 2.05) is 24.5 Å². The number of hydrogen-bond acceptors (Lipinski definition) is 4. The van der Waals surface area contributed by atoms with Crippen molar-refractivity contribution in [2.75, 3.05) is 36.0 Å². The zero-order valence-corrected chi connectivity index (χ0v) is 23.0. The Morgan fingerprint density at radius 1 is 0.474 bits per heavy atom. The van der Waals surface area contributed by atoms with Crippen LogP contribution in [0.2, 0.25) is 0 Å². The SMILES string of the molecule is CCN(CC)c1ccc(/C=C/c2ccnc(-c3cc(/C=C/c4ccc(N(CC)CC)cc4)ccn3)c2)cc1. The predicted octanol–water partition coefficient (Wildman–Crippen LogP) is 8.18. The maximum atomic E-state index is 4.59. The van der Waals surface area contributed by atoms with Gasteiger partial charge in [0.2, 0.25) is 0 Å². The average Bonchev–Trinajstić information content (AvgIpc) is 2.98. The zero-order valence-electron chi connectivity index (χ0n) is 23.0. The first kappa shape index (κ1) is 26.9. The highest BCUT2D eigenvalue weighted by Crippen LogP contribution is 2.21.